The van der Waals surface area contributed by atoms with Crippen molar-refractivity contribution in [3.05, 3.63) is 41.8 Å². The average molecular weight is 210 g/mol. The van der Waals surface area contributed by atoms with Crippen molar-refractivity contribution in [2.45, 2.75) is 38.5 Å². The number of hydrogen-bond acceptors (Lipinski definition) is 0. The lowest BCUT2D eigenvalue weighted by Gasteiger charge is -2.01. The van der Waals surface area contributed by atoms with Crippen LogP contribution in [0.3, 0.4) is 0 Å². The van der Waals surface area contributed by atoms with E-state index in [0.717, 1.165) is 11.4 Å². The minimum atomic E-state index is 0.825. The van der Waals surface area contributed by atoms with Gasteiger partial charge in [0.15, 0.2) is 0 Å². The molecule has 1 heteroatoms. The molecule has 1 radical (unpaired) electrons. The quantitative estimate of drug-likeness (QED) is 0.598. The van der Waals surface area contributed by atoms with Gasteiger partial charge < -0.3 is 0 Å². The highest BCUT2D eigenvalue weighted by Crippen LogP contribution is 2.12. The summed E-state index contributed by atoms with van der Waals surface area (Å²) >= 11 is 5.81. The lowest BCUT2D eigenvalue weighted by atomic mass is 10.1. The monoisotopic (exact) mass is 209 g/mol. The van der Waals surface area contributed by atoms with Gasteiger partial charge in [-0.05, 0) is 30.5 Å². The molecule has 1 aromatic carbocycles. The van der Waals surface area contributed by atoms with Gasteiger partial charge in [0.05, 0.1) is 0 Å². The molecule has 0 heterocycles. The van der Waals surface area contributed by atoms with E-state index in [1.807, 2.05) is 12.1 Å². The number of benzene rings is 1. The van der Waals surface area contributed by atoms with Gasteiger partial charge in [0.2, 0.25) is 0 Å². The first kappa shape index (κ1) is 11.6. The largest absolute Gasteiger partial charge is 0.0843 e. The van der Waals surface area contributed by atoms with Gasteiger partial charge in [-0.25, -0.2) is 0 Å². The third-order valence-electron chi connectivity index (χ3n) is 2.38. The van der Waals surface area contributed by atoms with Crippen LogP contribution in [-0.2, 0) is 6.42 Å². The van der Waals surface area contributed by atoms with E-state index in [-0.39, 0.29) is 0 Å². The van der Waals surface area contributed by atoms with Gasteiger partial charge >= 0.3 is 0 Å². The highest BCUT2D eigenvalue weighted by Gasteiger charge is 1.93. The lowest BCUT2D eigenvalue weighted by molar-refractivity contribution is 0.645. The highest BCUT2D eigenvalue weighted by molar-refractivity contribution is 6.30. The predicted octanol–water partition coefficient (Wildman–Crippen LogP) is 4.67. The van der Waals surface area contributed by atoms with E-state index in [1.165, 1.54) is 37.7 Å². The van der Waals surface area contributed by atoms with Crippen LogP contribution in [0.4, 0.5) is 0 Å². The van der Waals surface area contributed by atoms with Crippen LogP contribution in [0.15, 0.2) is 24.3 Å². The number of aryl methyl sites for hydroxylation is 1. The Labute approximate surface area is 92.3 Å². The van der Waals surface area contributed by atoms with Gasteiger partial charge in [0, 0.05) is 5.02 Å². The lowest BCUT2D eigenvalue weighted by Crippen LogP contribution is -1.85. The molecule has 0 bridgehead atoms. The summed E-state index contributed by atoms with van der Waals surface area (Å²) in [5.41, 5.74) is 1.39. The molecule has 14 heavy (non-hydrogen) atoms. The third-order valence-corrected chi connectivity index (χ3v) is 2.63. The second-order valence-corrected chi connectivity index (χ2v) is 4.08. The molecule has 0 spiro atoms. The Morgan fingerprint density at radius 3 is 2.21 bits per heavy atom. The molecule has 0 aromatic heterocycles. The van der Waals surface area contributed by atoms with Gasteiger partial charge in [-0.15, -0.1) is 0 Å². The minimum Gasteiger partial charge on any atom is -0.0843 e. The van der Waals surface area contributed by atoms with Gasteiger partial charge in [-0.3, -0.25) is 0 Å². The van der Waals surface area contributed by atoms with Crippen LogP contribution in [0.25, 0.3) is 0 Å². The minimum absolute atomic E-state index is 0.825. The van der Waals surface area contributed by atoms with Crippen molar-refractivity contribution in [2.75, 3.05) is 0 Å². The topological polar surface area (TPSA) is 0 Å². The maximum Gasteiger partial charge on any atom is 0.0406 e. The molecule has 0 aliphatic carbocycles. The first-order chi connectivity index (χ1) is 6.83. The highest BCUT2D eigenvalue weighted by atomic mass is 35.5. The second-order valence-electron chi connectivity index (χ2n) is 3.64. The molecule has 0 amide bonds. The number of rotatable bonds is 6. The second kappa shape index (κ2) is 6.89. The predicted molar refractivity (Wildman–Crippen MR) is 63.6 cm³/mol. The van der Waals surface area contributed by atoms with Crippen molar-refractivity contribution < 1.29 is 0 Å². The zero-order valence-electron chi connectivity index (χ0n) is 8.64. The van der Waals surface area contributed by atoms with Gasteiger partial charge in [-0.1, -0.05) is 56.3 Å². The van der Waals surface area contributed by atoms with Crippen LogP contribution in [0.5, 0.6) is 0 Å². The van der Waals surface area contributed by atoms with Crippen molar-refractivity contribution >= 4 is 11.6 Å². The van der Waals surface area contributed by atoms with Crippen LogP contribution in [0, 0.1) is 6.92 Å². The van der Waals surface area contributed by atoms with Crippen LogP contribution in [-0.4, -0.2) is 0 Å². The fourth-order valence-corrected chi connectivity index (χ4v) is 1.64. The van der Waals surface area contributed by atoms with Gasteiger partial charge in [0.25, 0.3) is 0 Å². The Morgan fingerprint density at radius 1 is 0.929 bits per heavy atom. The van der Waals surface area contributed by atoms with E-state index in [0.29, 0.717) is 0 Å². The van der Waals surface area contributed by atoms with Gasteiger partial charge in [-0.2, -0.15) is 0 Å². The molecule has 0 unspecified atom stereocenters. The van der Waals surface area contributed by atoms with Crippen LogP contribution in [0.1, 0.15) is 37.7 Å². The summed E-state index contributed by atoms with van der Waals surface area (Å²) in [5.74, 6) is 0. The molecule has 0 nitrogen and oxygen atoms in total. The first-order valence-corrected chi connectivity index (χ1v) is 5.74. The van der Waals surface area contributed by atoms with E-state index < -0.39 is 0 Å². The number of halogens is 1. The number of hydrogen-bond donors (Lipinski definition) is 0. The Kier molecular flexibility index (Phi) is 5.70. The van der Waals surface area contributed by atoms with Gasteiger partial charge in [0.1, 0.15) is 0 Å². The Hall–Kier alpha value is -0.490. The van der Waals surface area contributed by atoms with Crippen LogP contribution >= 0.6 is 11.6 Å². The fourth-order valence-electron chi connectivity index (χ4n) is 1.51. The third kappa shape index (κ3) is 4.66. The smallest absolute Gasteiger partial charge is 0.0406 e. The van der Waals surface area contributed by atoms with Crippen molar-refractivity contribution in [1.82, 2.24) is 0 Å². The molecular formula is C13H18Cl. The van der Waals surface area contributed by atoms with E-state index in [9.17, 15) is 0 Å². The molecule has 0 aliphatic heterocycles. The van der Waals surface area contributed by atoms with Crippen LogP contribution in [0.2, 0.25) is 5.02 Å². The molecule has 0 saturated heterocycles. The zero-order valence-corrected chi connectivity index (χ0v) is 9.39. The Morgan fingerprint density at radius 2 is 1.57 bits per heavy atom. The van der Waals surface area contributed by atoms with E-state index in [1.54, 1.807) is 0 Å². The SMILES string of the molecule is [CH2]CCCCCCc1ccc(Cl)cc1. The first-order valence-electron chi connectivity index (χ1n) is 5.36. The average Bonchev–Trinajstić information content (AvgIpc) is 2.21. The molecule has 1 rings (SSSR count). The van der Waals surface area contributed by atoms with E-state index >= 15 is 0 Å². The van der Waals surface area contributed by atoms with Crippen molar-refractivity contribution in [2.24, 2.45) is 0 Å². The fraction of sp³-hybridized carbons (Fsp3) is 0.462. The molecule has 0 fully saturated rings. The normalized spacial score (nSPS) is 10.4. The summed E-state index contributed by atoms with van der Waals surface area (Å²) in [7, 11) is 0. The van der Waals surface area contributed by atoms with E-state index in [4.69, 9.17) is 11.6 Å². The zero-order chi connectivity index (χ0) is 10.2. The molecule has 0 saturated carbocycles. The summed E-state index contributed by atoms with van der Waals surface area (Å²) < 4.78 is 0. The Bertz CT molecular complexity index is 238. The van der Waals surface area contributed by atoms with Crippen molar-refractivity contribution in [3.8, 4) is 0 Å². The molecule has 0 N–H and O–H groups in total. The molecule has 1 aromatic rings. The van der Waals surface area contributed by atoms with Crippen LogP contribution < -0.4 is 0 Å². The summed E-state index contributed by atoms with van der Waals surface area (Å²) in [6.07, 6.45) is 7.42. The summed E-state index contributed by atoms with van der Waals surface area (Å²) in [4.78, 5) is 0. The molecule has 77 valence electrons. The maximum atomic E-state index is 5.81. The number of unbranched alkanes of at least 4 members (excludes halogenated alkanes) is 4. The molecule has 0 aliphatic rings. The standard InChI is InChI=1S/C13H18Cl/c1-2-3-4-5-6-7-12-8-10-13(14)11-9-12/h8-11H,1-7H2. The molecular weight excluding hydrogens is 192 g/mol. The van der Waals surface area contributed by atoms with Crippen molar-refractivity contribution in [3.63, 3.8) is 0 Å². The maximum absolute atomic E-state index is 5.81. The Balaban J connectivity index is 2.15. The summed E-state index contributed by atoms with van der Waals surface area (Å²) in [6.45, 7) is 3.84. The summed E-state index contributed by atoms with van der Waals surface area (Å²) in [6, 6.07) is 8.16. The summed E-state index contributed by atoms with van der Waals surface area (Å²) in [5, 5.41) is 0.825. The van der Waals surface area contributed by atoms with E-state index in [2.05, 4.69) is 19.1 Å². The van der Waals surface area contributed by atoms with Crippen molar-refractivity contribution in [1.29, 1.82) is 0 Å². The molecule has 0 atom stereocenters.